The van der Waals surface area contributed by atoms with Crippen LogP contribution in [0.15, 0.2) is 54.6 Å². The molecule has 1 amide bonds. The predicted octanol–water partition coefficient (Wildman–Crippen LogP) is 3.67. The first kappa shape index (κ1) is 22.5. The van der Waals surface area contributed by atoms with Crippen molar-refractivity contribution in [1.82, 2.24) is 20.0 Å². The quantitative estimate of drug-likeness (QED) is 0.416. The zero-order chi connectivity index (χ0) is 23.2. The smallest absolute Gasteiger partial charge is 0.271 e. The number of piperidine rings is 1. The summed E-state index contributed by atoms with van der Waals surface area (Å²) in [6.45, 7) is 3.44. The molecule has 33 heavy (non-hydrogen) atoms. The summed E-state index contributed by atoms with van der Waals surface area (Å²) in [7, 11) is 1.60. The van der Waals surface area contributed by atoms with Crippen LogP contribution in [0, 0.1) is 10.1 Å². The third kappa shape index (κ3) is 5.38. The fourth-order valence-corrected chi connectivity index (χ4v) is 3.98. The van der Waals surface area contributed by atoms with Gasteiger partial charge in [0.05, 0.1) is 23.4 Å². The van der Waals surface area contributed by atoms with E-state index in [0.717, 1.165) is 25.2 Å². The number of likely N-dealkylation sites (tertiary alicyclic amines) is 1. The number of aromatic nitrogens is 2. The van der Waals surface area contributed by atoms with Crippen LogP contribution in [0.3, 0.4) is 0 Å². The Bertz CT molecular complexity index is 1120. The van der Waals surface area contributed by atoms with Gasteiger partial charge in [0.1, 0.15) is 11.4 Å². The molecule has 2 heterocycles. The van der Waals surface area contributed by atoms with Crippen LogP contribution in [0.4, 0.5) is 5.69 Å². The molecule has 2 aromatic carbocycles. The van der Waals surface area contributed by atoms with E-state index in [1.54, 1.807) is 25.3 Å². The van der Waals surface area contributed by atoms with Gasteiger partial charge in [0.2, 0.25) is 0 Å². The van der Waals surface area contributed by atoms with Crippen molar-refractivity contribution in [3.8, 4) is 22.7 Å². The lowest BCUT2D eigenvalue weighted by atomic mass is 10.1. The van der Waals surface area contributed by atoms with Crippen molar-refractivity contribution in [2.24, 2.45) is 0 Å². The number of hydrogen-bond donors (Lipinski definition) is 1. The average Bonchev–Trinajstić information content (AvgIpc) is 3.30. The summed E-state index contributed by atoms with van der Waals surface area (Å²) in [6, 6.07) is 15.2. The maximum absolute atomic E-state index is 13.1. The third-order valence-electron chi connectivity index (χ3n) is 5.78. The topological polar surface area (TPSA) is 103 Å². The Morgan fingerprint density at radius 3 is 2.58 bits per heavy atom. The average molecular weight is 450 g/mol. The second-order valence-corrected chi connectivity index (χ2v) is 7.99. The number of nitro benzene ring substituents is 1. The lowest BCUT2D eigenvalue weighted by Gasteiger charge is -2.26. The van der Waals surface area contributed by atoms with E-state index in [1.165, 1.54) is 36.1 Å². The van der Waals surface area contributed by atoms with Gasteiger partial charge in [-0.1, -0.05) is 12.5 Å². The van der Waals surface area contributed by atoms with Crippen LogP contribution in [0.5, 0.6) is 5.75 Å². The molecule has 3 aromatic rings. The SMILES string of the molecule is COc1ccc(-c2cc(C(=O)NCCN3CCCCC3)n(-c3cccc([N+](=O)[O-])c3)n2)cc1. The molecule has 1 aromatic heterocycles. The maximum atomic E-state index is 13.1. The first-order valence-corrected chi connectivity index (χ1v) is 11.0. The molecule has 1 N–H and O–H groups in total. The molecule has 0 atom stereocenters. The van der Waals surface area contributed by atoms with Gasteiger partial charge in [-0.2, -0.15) is 5.10 Å². The second kappa shape index (κ2) is 10.3. The van der Waals surface area contributed by atoms with Crippen LogP contribution in [0.1, 0.15) is 29.8 Å². The molecule has 0 radical (unpaired) electrons. The minimum Gasteiger partial charge on any atom is -0.497 e. The maximum Gasteiger partial charge on any atom is 0.271 e. The molecular formula is C24H27N5O4. The fraction of sp³-hybridized carbons (Fsp3) is 0.333. The highest BCUT2D eigenvalue weighted by Gasteiger charge is 2.19. The number of methoxy groups -OCH3 is 1. The highest BCUT2D eigenvalue weighted by molar-refractivity contribution is 5.94. The van der Waals surface area contributed by atoms with Gasteiger partial charge >= 0.3 is 0 Å². The summed E-state index contributed by atoms with van der Waals surface area (Å²) in [4.78, 5) is 26.3. The molecular weight excluding hydrogens is 422 g/mol. The van der Waals surface area contributed by atoms with E-state index >= 15 is 0 Å². The zero-order valence-corrected chi connectivity index (χ0v) is 18.6. The van der Waals surface area contributed by atoms with Crippen molar-refractivity contribution < 1.29 is 14.5 Å². The molecule has 9 nitrogen and oxygen atoms in total. The van der Waals surface area contributed by atoms with E-state index in [-0.39, 0.29) is 11.6 Å². The van der Waals surface area contributed by atoms with Crippen molar-refractivity contribution in [2.75, 3.05) is 33.3 Å². The zero-order valence-electron chi connectivity index (χ0n) is 18.6. The lowest BCUT2D eigenvalue weighted by molar-refractivity contribution is -0.384. The van der Waals surface area contributed by atoms with Gasteiger partial charge in [0.15, 0.2) is 0 Å². The largest absolute Gasteiger partial charge is 0.497 e. The van der Waals surface area contributed by atoms with Crippen LogP contribution in [-0.2, 0) is 0 Å². The number of nitro groups is 1. The Morgan fingerprint density at radius 2 is 1.88 bits per heavy atom. The Labute approximate surface area is 192 Å². The molecule has 1 fully saturated rings. The third-order valence-corrected chi connectivity index (χ3v) is 5.78. The number of ether oxygens (including phenoxy) is 1. The van der Waals surface area contributed by atoms with Crippen LogP contribution in [0.2, 0.25) is 0 Å². The standard InChI is InChI=1S/C24H27N5O4/c1-33-21-10-8-18(9-11-21)22-17-23(24(30)25-12-15-27-13-3-2-4-14-27)28(26-22)19-6-5-7-20(16-19)29(31)32/h5-11,16-17H,2-4,12-15H2,1H3,(H,25,30). The molecule has 0 aliphatic carbocycles. The summed E-state index contributed by atoms with van der Waals surface area (Å²) >= 11 is 0. The summed E-state index contributed by atoms with van der Waals surface area (Å²) in [6.07, 6.45) is 3.65. The number of rotatable bonds is 8. The number of carbonyl (C=O) groups excluding carboxylic acids is 1. The van der Waals surface area contributed by atoms with Gasteiger partial charge in [-0.3, -0.25) is 14.9 Å². The summed E-state index contributed by atoms with van der Waals surface area (Å²) in [5.41, 5.74) is 2.10. The molecule has 0 saturated carbocycles. The van der Waals surface area contributed by atoms with Gasteiger partial charge in [-0.25, -0.2) is 4.68 Å². The molecule has 0 unspecified atom stereocenters. The number of benzene rings is 2. The highest BCUT2D eigenvalue weighted by atomic mass is 16.6. The summed E-state index contributed by atoms with van der Waals surface area (Å²) in [5.74, 6) is 0.443. The molecule has 1 aliphatic rings. The van der Waals surface area contributed by atoms with Gasteiger partial charge in [0.25, 0.3) is 11.6 Å². The molecule has 4 rings (SSSR count). The Kier molecular flexibility index (Phi) is 6.99. The van der Waals surface area contributed by atoms with Crippen LogP contribution in [0.25, 0.3) is 16.9 Å². The van der Waals surface area contributed by atoms with E-state index in [0.29, 0.717) is 29.4 Å². The Balaban J connectivity index is 1.61. The molecule has 1 aliphatic heterocycles. The van der Waals surface area contributed by atoms with Crippen molar-refractivity contribution >= 4 is 11.6 Å². The number of non-ortho nitro benzene ring substituents is 1. The van der Waals surface area contributed by atoms with E-state index < -0.39 is 4.92 Å². The normalized spacial score (nSPS) is 14.1. The Morgan fingerprint density at radius 1 is 1.12 bits per heavy atom. The number of nitrogens with one attached hydrogen (secondary N) is 1. The van der Waals surface area contributed by atoms with Gasteiger partial charge in [-0.15, -0.1) is 0 Å². The van der Waals surface area contributed by atoms with Crippen LogP contribution in [-0.4, -0.2) is 58.8 Å². The minimum absolute atomic E-state index is 0.0644. The van der Waals surface area contributed by atoms with Crippen molar-refractivity contribution in [2.45, 2.75) is 19.3 Å². The monoisotopic (exact) mass is 449 g/mol. The molecule has 0 spiro atoms. The molecule has 0 bridgehead atoms. The molecule has 1 saturated heterocycles. The molecule has 172 valence electrons. The van der Waals surface area contributed by atoms with Crippen LogP contribution < -0.4 is 10.1 Å². The van der Waals surface area contributed by atoms with Gasteiger partial charge in [-0.05, 0) is 62.3 Å². The molecule has 9 heteroatoms. The summed E-state index contributed by atoms with van der Waals surface area (Å²) < 4.78 is 6.67. The van der Waals surface area contributed by atoms with E-state index in [1.807, 2.05) is 24.3 Å². The van der Waals surface area contributed by atoms with E-state index in [2.05, 4.69) is 15.3 Å². The van der Waals surface area contributed by atoms with Crippen molar-refractivity contribution in [3.05, 3.63) is 70.4 Å². The predicted molar refractivity (Wildman–Crippen MR) is 125 cm³/mol. The number of nitrogens with zero attached hydrogens (tertiary/aromatic N) is 4. The minimum atomic E-state index is -0.463. The number of carbonyl (C=O) groups is 1. The first-order valence-electron chi connectivity index (χ1n) is 11.0. The van der Waals surface area contributed by atoms with E-state index in [4.69, 9.17) is 4.74 Å². The van der Waals surface area contributed by atoms with Crippen LogP contribution >= 0.6 is 0 Å². The second-order valence-electron chi connectivity index (χ2n) is 7.99. The van der Waals surface area contributed by atoms with E-state index in [9.17, 15) is 14.9 Å². The van der Waals surface area contributed by atoms with Gasteiger partial charge < -0.3 is 15.0 Å². The van der Waals surface area contributed by atoms with Crippen molar-refractivity contribution in [1.29, 1.82) is 0 Å². The van der Waals surface area contributed by atoms with Gasteiger partial charge in [0, 0.05) is 30.8 Å². The summed E-state index contributed by atoms with van der Waals surface area (Å²) in [5, 5.41) is 18.9. The lowest BCUT2D eigenvalue weighted by Crippen LogP contribution is -2.38. The first-order chi connectivity index (χ1) is 16.0. The highest BCUT2D eigenvalue weighted by Crippen LogP contribution is 2.25. The number of amides is 1. The number of hydrogen-bond acceptors (Lipinski definition) is 6. The Hall–Kier alpha value is -3.72. The van der Waals surface area contributed by atoms with Crippen molar-refractivity contribution in [3.63, 3.8) is 0 Å². The fourth-order valence-electron chi connectivity index (χ4n) is 3.98.